The summed E-state index contributed by atoms with van der Waals surface area (Å²) < 4.78 is 5.35. The highest BCUT2D eigenvalue weighted by molar-refractivity contribution is 5.73. The molecule has 1 amide bonds. The van der Waals surface area contributed by atoms with Crippen LogP contribution >= 0.6 is 0 Å². The lowest BCUT2D eigenvalue weighted by atomic mass is 10.2. The molecule has 0 bridgehead atoms. The van der Waals surface area contributed by atoms with E-state index >= 15 is 0 Å². The summed E-state index contributed by atoms with van der Waals surface area (Å²) in [4.78, 5) is 26.8. The van der Waals surface area contributed by atoms with Crippen LogP contribution in [0.15, 0.2) is 0 Å². The first kappa shape index (κ1) is 16.8. The van der Waals surface area contributed by atoms with E-state index in [1.54, 1.807) is 4.90 Å². The fourth-order valence-corrected chi connectivity index (χ4v) is 2.35. The second-order valence-electron chi connectivity index (χ2n) is 6.12. The molecule has 1 saturated heterocycles. The normalized spacial score (nSPS) is 19.3. The van der Waals surface area contributed by atoms with Crippen LogP contribution in [-0.2, 0) is 9.53 Å². The van der Waals surface area contributed by atoms with Crippen molar-refractivity contribution in [1.29, 1.82) is 0 Å². The first-order chi connectivity index (χ1) is 9.24. The number of ether oxygens (including phenoxy) is 1. The maximum Gasteiger partial charge on any atom is 0.410 e. The van der Waals surface area contributed by atoms with Gasteiger partial charge in [-0.1, -0.05) is 6.92 Å². The molecule has 1 atom stereocenters. The molecule has 1 aliphatic heterocycles. The second-order valence-corrected chi connectivity index (χ2v) is 6.12. The van der Waals surface area contributed by atoms with Crippen LogP contribution in [-0.4, -0.2) is 64.8 Å². The number of carbonyl (C=O) groups is 2. The number of nitrogens with zero attached hydrogens (tertiary/aromatic N) is 2. The van der Waals surface area contributed by atoms with Gasteiger partial charge in [0.25, 0.3) is 0 Å². The van der Waals surface area contributed by atoms with Gasteiger partial charge in [0, 0.05) is 26.2 Å². The molecule has 6 heteroatoms. The van der Waals surface area contributed by atoms with Gasteiger partial charge in [0.05, 0.1) is 0 Å². The SMILES string of the molecule is CCC(C(=O)O)N1CCCN(C(=O)OC(C)(C)C)CC1. The van der Waals surface area contributed by atoms with Crippen molar-refractivity contribution in [3.05, 3.63) is 0 Å². The van der Waals surface area contributed by atoms with E-state index in [1.165, 1.54) is 0 Å². The van der Waals surface area contributed by atoms with Crippen molar-refractivity contribution in [2.75, 3.05) is 26.2 Å². The molecule has 1 fully saturated rings. The molecule has 0 spiro atoms. The van der Waals surface area contributed by atoms with Crippen molar-refractivity contribution in [1.82, 2.24) is 9.80 Å². The highest BCUT2D eigenvalue weighted by Crippen LogP contribution is 2.14. The average Bonchev–Trinajstić information content (AvgIpc) is 2.53. The number of hydrogen-bond donors (Lipinski definition) is 1. The molecule has 0 aromatic heterocycles. The smallest absolute Gasteiger partial charge is 0.410 e. The van der Waals surface area contributed by atoms with Gasteiger partial charge < -0.3 is 14.7 Å². The first-order valence-corrected chi connectivity index (χ1v) is 7.19. The summed E-state index contributed by atoms with van der Waals surface area (Å²) in [5, 5.41) is 9.20. The Bertz CT molecular complexity index is 352. The molecule has 0 aromatic carbocycles. The van der Waals surface area contributed by atoms with Gasteiger partial charge in [-0.15, -0.1) is 0 Å². The van der Waals surface area contributed by atoms with E-state index in [0.29, 0.717) is 32.6 Å². The van der Waals surface area contributed by atoms with E-state index in [9.17, 15) is 14.7 Å². The Kier molecular flexibility index (Phi) is 5.80. The van der Waals surface area contributed by atoms with Gasteiger partial charge in [0.1, 0.15) is 11.6 Å². The Morgan fingerprint density at radius 2 is 1.85 bits per heavy atom. The van der Waals surface area contributed by atoms with Gasteiger partial charge in [-0.2, -0.15) is 0 Å². The van der Waals surface area contributed by atoms with Crippen LogP contribution in [0, 0.1) is 0 Å². The van der Waals surface area contributed by atoms with E-state index in [4.69, 9.17) is 4.74 Å². The van der Waals surface area contributed by atoms with Crippen LogP contribution < -0.4 is 0 Å². The Labute approximate surface area is 120 Å². The fourth-order valence-electron chi connectivity index (χ4n) is 2.35. The predicted octanol–water partition coefficient (Wildman–Crippen LogP) is 1.79. The molecule has 1 N–H and O–H groups in total. The molecule has 0 saturated carbocycles. The van der Waals surface area contributed by atoms with Gasteiger partial charge in [-0.25, -0.2) is 4.79 Å². The molecular weight excluding hydrogens is 260 g/mol. The van der Waals surface area contributed by atoms with Crippen LogP contribution in [0.1, 0.15) is 40.5 Å². The standard InChI is InChI=1S/C14H26N2O4/c1-5-11(12(17)18)15-7-6-8-16(10-9-15)13(19)20-14(2,3)4/h11H,5-10H2,1-4H3,(H,17,18). The van der Waals surface area contributed by atoms with E-state index in [0.717, 1.165) is 6.42 Å². The van der Waals surface area contributed by atoms with Crippen LogP contribution in [0.4, 0.5) is 4.79 Å². The van der Waals surface area contributed by atoms with Gasteiger partial charge in [-0.05, 0) is 33.6 Å². The van der Waals surface area contributed by atoms with E-state index in [2.05, 4.69) is 0 Å². The van der Waals surface area contributed by atoms with Crippen molar-refractivity contribution in [2.45, 2.75) is 52.2 Å². The quantitative estimate of drug-likeness (QED) is 0.856. The molecule has 1 unspecified atom stereocenters. The Hall–Kier alpha value is -1.30. The number of carboxylic acids is 1. The molecule has 1 rings (SSSR count). The summed E-state index contributed by atoms with van der Waals surface area (Å²) >= 11 is 0. The van der Waals surface area contributed by atoms with Crippen LogP contribution in [0.25, 0.3) is 0 Å². The minimum Gasteiger partial charge on any atom is -0.480 e. The minimum atomic E-state index is -0.793. The Balaban J connectivity index is 2.59. The van der Waals surface area contributed by atoms with Gasteiger partial charge in [-0.3, -0.25) is 9.69 Å². The zero-order valence-corrected chi connectivity index (χ0v) is 12.9. The van der Waals surface area contributed by atoms with Gasteiger partial charge in [0.2, 0.25) is 0 Å². The van der Waals surface area contributed by atoms with Crippen molar-refractivity contribution in [2.24, 2.45) is 0 Å². The lowest BCUT2D eigenvalue weighted by Crippen LogP contribution is -2.44. The summed E-state index contributed by atoms with van der Waals surface area (Å²) in [6.07, 6.45) is 1.02. The summed E-state index contributed by atoms with van der Waals surface area (Å²) in [7, 11) is 0. The molecular formula is C14H26N2O4. The number of aliphatic carboxylic acids is 1. The molecule has 0 radical (unpaired) electrons. The molecule has 1 heterocycles. The molecule has 6 nitrogen and oxygen atoms in total. The molecule has 20 heavy (non-hydrogen) atoms. The number of carboxylic acid groups (broad SMARTS) is 1. The molecule has 116 valence electrons. The van der Waals surface area contributed by atoms with E-state index in [1.807, 2.05) is 32.6 Å². The zero-order chi connectivity index (χ0) is 15.3. The third-order valence-corrected chi connectivity index (χ3v) is 3.29. The number of hydrogen-bond acceptors (Lipinski definition) is 4. The van der Waals surface area contributed by atoms with Crippen molar-refractivity contribution < 1.29 is 19.4 Å². The summed E-state index contributed by atoms with van der Waals surface area (Å²) in [6.45, 7) is 9.79. The fraction of sp³-hybridized carbons (Fsp3) is 0.857. The van der Waals surface area contributed by atoms with Crippen molar-refractivity contribution in [3.8, 4) is 0 Å². The van der Waals surface area contributed by atoms with Gasteiger partial charge in [0.15, 0.2) is 0 Å². The van der Waals surface area contributed by atoms with E-state index in [-0.39, 0.29) is 6.09 Å². The number of carbonyl (C=O) groups excluding carboxylic acids is 1. The second kappa shape index (κ2) is 6.92. The zero-order valence-electron chi connectivity index (χ0n) is 12.9. The predicted molar refractivity (Wildman–Crippen MR) is 75.7 cm³/mol. The third-order valence-electron chi connectivity index (χ3n) is 3.29. The van der Waals surface area contributed by atoms with Crippen molar-refractivity contribution in [3.63, 3.8) is 0 Å². The minimum absolute atomic E-state index is 0.317. The number of amides is 1. The lowest BCUT2D eigenvalue weighted by Gasteiger charge is -2.28. The maximum atomic E-state index is 12.0. The monoisotopic (exact) mass is 286 g/mol. The molecule has 0 aliphatic carbocycles. The largest absolute Gasteiger partial charge is 0.480 e. The summed E-state index contributed by atoms with van der Waals surface area (Å²) in [5.41, 5.74) is -0.504. The summed E-state index contributed by atoms with van der Waals surface area (Å²) in [6, 6.07) is -0.464. The molecule has 1 aliphatic rings. The average molecular weight is 286 g/mol. The summed E-state index contributed by atoms with van der Waals surface area (Å²) in [5.74, 6) is -0.793. The van der Waals surface area contributed by atoms with Gasteiger partial charge >= 0.3 is 12.1 Å². The Morgan fingerprint density at radius 3 is 2.35 bits per heavy atom. The Morgan fingerprint density at radius 1 is 1.20 bits per heavy atom. The number of rotatable bonds is 3. The van der Waals surface area contributed by atoms with E-state index < -0.39 is 17.6 Å². The van der Waals surface area contributed by atoms with Crippen LogP contribution in [0.3, 0.4) is 0 Å². The topological polar surface area (TPSA) is 70.1 Å². The van der Waals surface area contributed by atoms with Crippen molar-refractivity contribution >= 4 is 12.1 Å². The lowest BCUT2D eigenvalue weighted by molar-refractivity contribution is -0.143. The van der Waals surface area contributed by atoms with Crippen LogP contribution in [0.2, 0.25) is 0 Å². The third kappa shape index (κ3) is 5.00. The highest BCUT2D eigenvalue weighted by Gasteiger charge is 2.29. The maximum absolute atomic E-state index is 12.0. The molecule has 0 aromatic rings. The van der Waals surface area contributed by atoms with Crippen LogP contribution in [0.5, 0.6) is 0 Å². The highest BCUT2D eigenvalue weighted by atomic mass is 16.6. The first-order valence-electron chi connectivity index (χ1n) is 7.19.